The van der Waals surface area contributed by atoms with Crippen molar-refractivity contribution in [1.82, 2.24) is 10.4 Å². The Kier molecular flexibility index (Phi) is 8.40. The molecule has 220 valence electrons. The number of nitrogens with zero attached hydrogens (tertiary/aromatic N) is 1. The molecule has 0 aromatic heterocycles. The highest BCUT2D eigenvalue weighted by molar-refractivity contribution is 8.26. The number of allylic oxidation sites excluding steroid dienone is 1. The molecular weight excluding hydrogens is 588 g/mol. The van der Waals surface area contributed by atoms with Crippen LogP contribution < -0.4 is 14.9 Å². The van der Waals surface area contributed by atoms with E-state index in [9.17, 15) is 9.59 Å². The van der Waals surface area contributed by atoms with Crippen molar-refractivity contribution in [1.29, 1.82) is 0 Å². The first kappa shape index (κ1) is 29.3. The molecule has 9 heteroatoms. The average Bonchev–Trinajstić information content (AvgIpc) is 3.20. The Labute approximate surface area is 261 Å². The van der Waals surface area contributed by atoms with Gasteiger partial charge in [0.1, 0.15) is 6.61 Å². The first-order valence-electron chi connectivity index (χ1n) is 14.6. The number of benzene rings is 2. The molecule has 6 nitrogen and oxygen atoms in total. The highest BCUT2D eigenvalue weighted by Gasteiger charge is 2.55. The molecule has 0 spiro atoms. The second kappa shape index (κ2) is 12.1. The van der Waals surface area contributed by atoms with Gasteiger partial charge in [0, 0.05) is 10.6 Å². The van der Waals surface area contributed by atoms with E-state index in [-0.39, 0.29) is 17.2 Å². The summed E-state index contributed by atoms with van der Waals surface area (Å²) in [5.74, 6) is 2.77. The van der Waals surface area contributed by atoms with Crippen LogP contribution in [-0.2, 0) is 22.6 Å². The van der Waals surface area contributed by atoms with E-state index in [1.165, 1.54) is 36.0 Å². The third-order valence-electron chi connectivity index (χ3n) is 8.94. The zero-order chi connectivity index (χ0) is 29.4. The van der Waals surface area contributed by atoms with E-state index in [0.29, 0.717) is 63.1 Å². The minimum atomic E-state index is -0.365. The minimum Gasteiger partial charge on any atom is -0.490 e. The monoisotopic (exact) mass is 622 g/mol. The maximum atomic E-state index is 13.6. The lowest BCUT2D eigenvalue weighted by Crippen LogP contribution is -2.57. The maximum Gasteiger partial charge on any atom is 0.285 e. The molecule has 1 saturated heterocycles. The fourth-order valence-corrected chi connectivity index (χ4v) is 8.87. The Hall–Kier alpha value is -2.81. The third kappa shape index (κ3) is 5.86. The van der Waals surface area contributed by atoms with Crippen molar-refractivity contribution in [3.05, 3.63) is 75.7 Å². The van der Waals surface area contributed by atoms with E-state index in [1.807, 2.05) is 49.4 Å². The van der Waals surface area contributed by atoms with Gasteiger partial charge < -0.3 is 9.47 Å². The summed E-state index contributed by atoms with van der Waals surface area (Å²) in [5.41, 5.74) is 5.22. The van der Waals surface area contributed by atoms with Crippen LogP contribution >= 0.6 is 35.6 Å². The van der Waals surface area contributed by atoms with Crippen LogP contribution in [0.25, 0.3) is 6.08 Å². The second-order valence-electron chi connectivity index (χ2n) is 12.0. The van der Waals surface area contributed by atoms with Gasteiger partial charge in [-0.3, -0.25) is 15.0 Å². The number of hydrazine groups is 1. The van der Waals surface area contributed by atoms with Crippen LogP contribution in [0.2, 0.25) is 5.02 Å². The van der Waals surface area contributed by atoms with Crippen molar-refractivity contribution in [3.8, 4) is 11.5 Å². The van der Waals surface area contributed by atoms with E-state index >= 15 is 0 Å². The molecule has 0 atom stereocenters. The van der Waals surface area contributed by atoms with Crippen LogP contribution in [0.3, 0.4) is 0 Å². The van der Waals surface area contributed by atoms with Crippen LogP contribution in [0.4, 0.5) is 0 Å². The molecule has 0 unspecified atom stereocenters. The van der Waals surface area contributed by atoms with Gasteiger partial charge in [-0.05, 0) is 123 Å². The number of hydrogen-bond donors (Lipinski definition) is 1. The number of amides is 2. The van der Waals surface area contributed by atoms with Crippen LogP contribution in [0.15, 0.2) is 54.0 Å². The standard InChI is InChI=1S/C33H35ClN2O4S2/c1-3-5-25-13-21(14-27(39-4-2)29(25)40-19-20-6-8-26(34)9-7-20)15-28-30(37)36(32(41)42-28)35-31(38)33-16-22-10-23(17-33)12-24(11-22)18-33/h3,6-9,13-15,22-24H,1,4-5,10-12,16-19H2,2H3,(H,35,38)/b28-15-. The Morgan fingerprint density at radius 2 is 1.81 bits per heavy atom. The van der Waals surface area contributed by atoms with Crippen LogP contribution in [-0.4, -0.2) is 27.8 Å². The van der Waals surface area contributed by atoms with Crippen molar-refractivity contribution in [3.63, 3.8) is 0 Å². The summed E-state index contributed by atoms with van der Waals surface area (Å²) in [6, 6.07) is 11.4. The van der Waals surface area contributed by atoms with E-state index < -0.39 is 0 Å². The van der Waals surface area contributed by atoms with Crippen molar-refractivity contribution in [2.75, 3.05) is 6.61 Å². The first-order chi connectivity index (χ1) is 20.3. The summed E-state index contributed by atoms with van der Waals surface area (Å²) in [4.78, 5) is 27.6. The van der Waals surface area contributed by atoms with Crippen molar-refractivity contribution in [2.24, 2.45) is 23.2 Å². The Balaban J connectivity index is 1.21. The topological polar surface area (TPSA) is 67.9 Å². The molecule has 4 aliphatic carbocycles. The van der Waals surface area contributed by atoms with Crippen LogP contribution in [0, 0.1) is 23.2 Å². The molecule has 2 amide bonds. The van der Waals surface area contributed by atoms with Crippen molar-refractivity contribution in [2.45, 2.75) is 58.5 Å². The molecule has 5 fully saturated rings. The minimum absolute atomic E-state index is 0.0479. The molecule has 2 aromatic carbocycles. The summed E-state index contributed by atoms with van der Waals surface area (Å²) in [5, 5.41) is 1.94. The number of hydrogen-bond acceptors (Lipinski definition) is 6. The number of carbonyl (C=O) groups excluding carboxylic acids is 2. The normalized spacial score (nSPS) is 27.0. The maximum absolute atomic E-state index is 13.6. The third-order valence-corrected chi connectivity index (χ3v) is 10.5. The summed E-state index contributed by atoms with van der Waals surface area (Å²) >= 11 is 12.8. The van der Waals surface area contributed by atoms with Crippen LogP contribution in [0.1, 0.15) is 62.1 Å². The average molecular weight is 623 g/mol. The summed E-state index contributed by atoms with van der Waals surface area (Å²) in [6.07, 6.45) is 10.7. The number of thioether (sulfide) groups is 1. The Morgan fingerprint density at radius 1 is 1.14 bits per heavy atom. The number of carbonyl (C=O) groups is 2. The van der Waals surface area contributed by atoms with Crippen LogP contribution in [0.5, 0.6) is 11.5 Å². The number of thiocarbonyl (C=S) groups is 1. The summed E-state index contributed by atoms with van der Waals surface area (Å²) in [7, 11) is 0. The molecular formula is C33H35ClN2O4S2. The molecule has 2 aromatic rings. The van der Waals surface area contributed by atoms with Gasteiger partial charge in [-0.1, -0.05) is 41.6 Å². The molecule has 42 heavy (non-hydrogen) atoms. The molecule has 4 bridgehead atoms. The van der Waals surface area contributed by atoms with Gasteiger partial charge in [-0.2, -0.15) is 5.01 Å². The summed E-state index contributed by atoms with van der Waals surface area (Å²) < 4.78 is 12.6. The quantitative estimate of drug-likeness (QED) is 0.168. The van der Waals surface area contributed by atoms with Gasteiger partial charge in [0.15, 0.2) is 15.8 Å². The van der Waals surface area contributed by atoms with Gasteiger partial charge in [-0.15, -0.1) is 6.58 Å². The van der Waals surface area contributed by atoms with Gasteiger partial charge in [0.05, 0.1) is 16.9 Å². The number of ether oxygens (including phenoxy) is 2. The number of rotatable bonds is 10. The zero-order valence-corrected chi connectivity index (χ0v) is 26.1. The van der Waals surface area contributed by atoms with E-state index in [4.69, 9.17) is 33.3 Å². The molecule has 1 heterocycles. The molecule has 5 aliphatic rings. The van der Waals surface area contributed by atoms with Crippen molar-refractivity contribution < 1.29 is 19.1 Å². The molecule has 7 rings (SSSR count). The molecule has 4 saturated carbocycles. The SMILES string of the molecule is C=CCc1cc(/C=C2\SC(=S)N(NC(=O)C34CC5CC(CC(C5)C3)C4)C2=O)cc(OCC)c1OCc1ccc(Cl)cc1. The second-order valence-corrected chi connectivity index (χ2v) is 14.1. The fourth-order valence-electron chi connectivity index (χ4n) is 7.56. The molecule has 1 aliphatic heterocycles. The van der Waals surface area contributed by atoms with E-state index in [0.717, 1.165) is 36.0 Å². The summed E-state index contributed by atoms with van der Waals surface area (Å²) in [6.45, 7) is 6.63. The smallest absolute Gasteiger partial charge is 0.285 e. The predicted molar refractivity (Wildman–Crippen MR) is 171 cm³/mol. The highest BCUT2D eigenvalue weighted by Crippen LogP contribution is 2.60. The molecule has 1 N–H and O–H groups in total. The van der Waals surface area contributed by atoms with Gasteiger partial charge in [0.2, 0.25) is 5.91 Å². The largest absolute Gasteiger partial charge is 0.490 e. The molecule has 0 radical (unpaired) electrons. The van der Waals surface area contributed by atoms with Crippen molar-refractivity contribution >= 4 is 57.8 Å². The Bertz CT molecular complexity index is 1420. The number of nitrogens with one attached hydrogen (secondary N) is 1. The lowest BCUT2D eigenvalue weighted by atomic mass is 9.49. The lowest BCUT2D eigenvalue weighted by Gasteiger charge is -2.55. The van der Waals surface area contributed by atoms with E-state index in [2.05, 4.69) is 12.0 Å². The van der Waals surface area contributed by atoms with Gasteiger partial charge >= 0.3 is 0 Å². The van der Waals surface area contributed by atoms with Gasteiger partial charge in [0.25, 0.3) is 5.91 Å². The zero-order valence-electron chi connectivity index (χ0n) is 23.7. The number of halogens is 1. The van der Waals surface area contributed by atoms with Gasteiger partial charge in [-0.25, -0.2) is 0 Å². The predicted octanol–water partition coefficient (Wildman–Crippen LogP) is 7.50. The van der Waals surface area contributed by atoms with E-state index in [1.54, 1.807) is 6.08 Å². The first-order valence-corrected chi connectivity index (χ1v) is 16.2. The Morgan fingerprint density at radius 3 is 2.43 bits per heavy atom. The fraction of sp³-hybridized carbons (Fsp3) is 0.424. The lowest BCUT2D eigenvalue weighted by molar-refractivity contribution is -0.152. The highest BCUT2D eigenvalue weighted by atomic mass is 35.5.